The summed E-state index contributed by atoms with van der Waals surface area (Å²) in [7, 11) is 0. The Morgan fingerprint density at radius 2 is 2.27 bits per heavy atom. The van der Waals surface area contributed by atoms with Crippen molar-refractivity contribution < 1.29 is 0 Å². The average Bonchev–Trinajstić information content (AvgIpc) is 2.27. The molecule has 1 aromatic rings. The van der Waals surface area contributed by atoms with Crippen molar-refractivity contribution in [3.63, 3.8) is 0 Å². The van der Waals surface area contributed by atoms with E-state index in [9.17, 15) is 0 Å². The van der Waals surface area contributed by atoms with Crippen LogP contribution < -0.4 is 0 Å². The minimum atomic E-state index is 0.799. The maximum atomic E-state index is 4.99. The molecule has 0 bridgehead atoms. The van der Waals surface area contributed by atoms with E-state index in [0.717, 1.165) is 17.7 Å². The van der Waals surface area contributed by atoms with E-state index < -0.39 is 0 Å². The standard InChI is InChI=1S/C7H8N2S2/c10-7-2-1-5-3-9(11)4-6(5)8-7/h1-2,11H,3-4H2,(H,8,10). The van der Waals surface area contributed by atoms with E-state index in [4.69, 9.17) is 12.2 Å². The lowest BCUT2D eigenvalue weighted by molar-refractivity contribution is 0.513. The molecule has 0 fully saturated rings. The van der Waals surface area contributed by atoms with E-state index >= 15 is 0 Å². The van der Waals surface area contributed by atoms with Crippen molar-refractivity contribution in [1.82, 2.24) is 9.29 Å². The second-order valence-electron chi connectivity index (χ2n) is 2.65. The van der Waals surface area contributed by atoms with Crippen LogP contribution in [0.2, 0.25) is 0 Å². The predicted octanol–water partition coefficient (Wildman–Crippen LogP) is 1.90. The van der Waals surface area contributed by atoms with Gasteiger partial charge in [0.05, 0.1) is 0 Å². The smallest absolute Gasteiger partial charge is 0.103 e. The minimum absolute atomic E-state index is 0.799. The zero-order valence-electron chi connectivity index (χ0n) is 5.87. The summed E-state index contributed by atoms with van der Waals surface area (Å²) in [5, 5.41) is 0. The first-order chi connectivity index (χ1) is 5.25. The molecule has 0 unspecified atom stereocenters. The summed E-state index contributed by atoms with van der Waals surface area (Å²) in [4.78, 5) is 3.14. The van der Waals surface area contributed by atoms with Crippen molar-refractivity contribution in [3.05, 3.63) is 28.0 Å². The normalized spacial score (nSPS) is 16.8. The molecule has 0 aliphatic carbocycles. The maximum absolute atomic E-state index is 4.99. The van der Waals surface area contributed by atoms with Gasteiger partial charge in [0.15, 0.2) is 0 Å². The molecule has 1 aliphatic rings. The largest absolute Gasteiger partial charge is 0.349 e. The molecule has 2 heterocycles. The molecule has 0 spiro atoms. The fourth-order valence-electron chi connectivity index (χ4n) is 1.27. The zero-order valence-corrected chi connectivity index (χ0v) is 7.58. The Morgan fingerprint density at radius 1 is 1.45 bits per heavy atom. The van der Waals surface area contributed by atoms with Crippen molar-refractivity contribution in [3.8, 4) is 0 Å². The molecule has 0 amide bonds. The molecule has 0 aromatic carbocycles. The Balaban J connectivity index is 2.51. The summed E-state index contributed by atoms with van der Waals surface area (Å²) in [5.41, 5.74) is 2.50. The third-order valence-corrected chi connectivity index (χ3v) is 2.31. The molecule has 1 aliphatic heterocycles. The van der Waals surface area contributed by atoms with E-state index in [0.29, 0.717) is 0 Å². The fourth-order valence-corrected chi connectivity index (χ4v) is 1.76. The summed E-state index contributed by atoms with van der Waals surface area (Å²) in [5.74, 6) is 0. The monoisotopic (exact) mass is 184 g/mol. The molecule has 4 heteroatoms. The highest BCUT2D eigenvalue weighted by molar-refractivity contribution is 7.77. The zero-order chi connectivity index (χ0) is 7.84. The van der Waals surface area contributed by atoms with Gasteiger partial charge in [-0.2, -0.15) is 0 Å². The molecule has 0 atom stereocenters. The van der Waals surface area contributed by atoms with E-state index in [2.05, 4.69) is 23.9 Å². The third kappa shape index (κ3) is 1.34. The maximum Gasteiger partial charge on any atom is 0.103 e. The van der Waals surface area contributed by atoms with E-state index in [-0.39, 0.29) is 0 Å². The first-order valence-corrected chi connectivity index (χ1v) is 4.21. The van der Waals surface area contributed by atoms with Crippen LogP contribution >= 0.6 is 25.0 Å². The van der Waals surface area contributed by atoms with Gasteiger partial charge in [-0.25, -0.2) is 4.31 Å². The third-order valence-electron chi connectivity index (χ3n) is 1.79. The molecule has 11 heavy (non-hydrogen) atoms. The van der Waals surface area contributed by atoms with Gasteiger partial charge in [0, 0.05) is 18.8 Å². The molecule has 0 saturated carbocycles. The molecule has 2 rings (SSSR count). The summed E-state index contributed by atoms with van der Waals surface area (Å²) < 4.78 is 2.75. The second kappa shape index (κ2) is 2.62. The van der Waals surface area contributed by atoms with Gasteiger partial charge in [-0.15, -0.1) is 0 Å². The molecule has 58 valence electrons. The van der Waals surface area contributed by atoms with Crippen molar-refractivity contribution in [2.24, 2.45) is 0 Å². The Morgan fingerprint density at radius 3 is 3.09 bits per heavy atom. The van der Waals surface area contributed by atoms with Gasteiger partial charge in [-0.05, 0) is 11.6 Å². The van der Waals surface area contributed by atoms with E-state index in [1.807, 2.05) is 10.4 Å². The minimum Gasteiger partial charge on any atom is -0.349 e. The van der Waals surface area contributed by atoms with Crippen molar-refractivity contribution in [1.29, 1.82) is 0 Å². The molecule has 1 N–H and O–H groups in total. The second-order valence-corrected chi connectivity index (χ2v) is 3.65. The highest BCUT2D eigenvalue weighted by atomic mass is 32.1. The fraction of sp³-hybridized carbons (Fsp3) is 0.286. The Labute approximate surface area is 75.8 Å². The van der Waals surface area contributed by atoms with Crippen molar-refractivity contribution >= 4 is 25.0 Å². The number of thiol groups is 1. The molecule has 0 saturated heterocycles. The number of fused-ring (bicyclic) bond motifs is 1. The van der Waals surface area contributed by atoms with Gasteiger partial charge in [0.25, 0.3) is 0 Å². The van der Waals surface area contributed by atoms with Crippen LogP contribution in [-0.2, 0) is 13.1 Å². The first-order valence-electron chi connectivity index (χ1n) is 3.40. The topological polar surface area (TPSA) is 19.0 Å². The number of hydrogen-bond donors (Lipinski definition) is 2. The van der Waals surface area contributed by atoms with Crippen LogP contribution in [0.25, 0.3) is 0 Å². The van der Waals surface area contributed by atoms with Crippen LogP contribution in [0, 0.1) is 4.64 Å². The van der Waals surface area contributed by atoms with E-state index in [1.165, 1.54) is 11.3 Å². The lowest BCUT2D eigenvalue weighted by atomic mass is 10.2. The number of aromatic nitrogens is 1. The van der Waals surface area contributed by atoms with Gasteiger partial charge in [0.1, 0.15) is 4.64 Å². The van der Waals surface area contributed by atoms with Crippen LogP contribution in [0.5, 0.6) is 0 Å². The van der Waals surface area contributed by atoms with Crippen molar-refractivity contribution in [2.45, 2.75) is 13.1 Å². The van der Waals surface area contributed by atoms with Gasteiger partial charge in [-0.1, -0.05) is 31.1 Å². The molecule has 1 aromatic heterocycles. The number of nitrogens with one attached hydrogen (secondary N) is 1. The quantitative estimate of drug-likeness (QED) is 0.474. The summed E-state index contributed by atoms with van der Waals surface area (Å²) in [6, 6.07) is 3.98. The lowest BCUT2D eigenvalue weighted by Gasteiger charge is -2.00. The van der Waals surface area contributed by atoms with Crippen LogP contribution in [-0.4, -0.2) is 9.29 Å². The van der Waals surface area contributed by atoms with Crippen LogP contribution in [0.15, 0.2) is 12.1 Å². The van der Waals surface area contributed by atoms with Crippen LogP contribution in [0.4, 0.5) is 0 Å². The van der Waals surface area contributed by atoms with Crippen LogP contribution in [0.3, 0.4) is 0 Å². The molecule has 0 radical (unpaired) electrons. The van der Waals surface area contributed by atoms with Gasteiger partial charge in [-0.3, -0.25) is 0 Å². The summed E-state index contributed by atoms with van der Waals surface area (Å²) in [6.07, 6.45) is 0. The predicted molar refractivity (Wildman–Crippen MR) is 49.9 cm³/mol. The van der Waals surface area contributed by atoms with Gasteiger partial charge < -0.3 is 4.98 Å². The van der Waals surface area contributed by atoms with Crippen LogP contribution in [0.1, 0.15) is 11.3 Å². The highest BCUT2D eigenvalue weighted by Crippen LogP contribution is 2.21. The van der Waals surface area contributed by atoms with E-state index in [1.54, 1.807) is 0 Å². The number of hydrogen-bond acceptors (Lipinski definition) is 3. The Bertz CT molecular complexity index is 331. The summed E-state index contributed by atoms with van der Waals surface area (Å²) in [6.45, 7) is 1.77. The summed E-state index contributed by atoms with van der Waals surface area (Å²) >= 11 is 9.24. The first kappa shape index (κ1) is 7.34. The number of rotatable bonds is 0. The number of H-pyrrole nitrogens is 1. The van der Waals surface area contributed by atoms with Gasteiger partial charge in [0.2, 0.25) is 0 Å². The SMILES string of the molecule is S=c1ccc2c([nH]1)CN(S)C2. The lowest BCUT2D eigenvalue weighted by Crippen LogP contribution is -1.99. The number of pyridine rings is 1. The highest BCUT2D eigenvalue weighted by Gasteiger charge is 2.15. The van der Waals surface area contributed by atoms with Crippen molar-refractivity contribution in [2.75, 3.05) is 0 Å². The number of nitrogens with zero attached hydrogens (tertiary/aromatic N) is 1. The molecular weight excluding hydrogens is 176 g/mol. The average molecular weight is 184 g/mol. The molecular formula is C7H8N2S2. The molecule has 2 nitrogen and oxygen atoms in total. The Kier molecular flexibility index (Phi) is 1.75. The Hall–Kier alpha value is -0.320. The van der Waals surface area contributed by atoms with Gasteiger partial charge >= 0.3 is 0 Å². The number of aromatic amines is 1.